The summed E-state index contributed by atoms with van der Waals surface area (Å²) in [5.41, 5.74) is 0.757. The molecular weight excluding hydrogens is 428 g/mol. The lowest BCUT2D eigenvalue weighted by molar-refractivity contribution is -0.119. The highest BCUT2D eigenvalue weighted by atomic mass is 35.5. The number of nitrogens with one attached hydrogen (secondary N) is 1. The molecule has 0 unspecified atom stereocenters. The van der Waals surface area contributed by atoms with Gasteiger partial charge in [0, 0.05) is 36.4 Å². The van der Waals surface area contributed by atoms with E-state index in [-0.39, 0.29) is 24.2 Å². The van der Waals surface area contributed by atoms with Crippen molar-refractivity contribution in [3.63, 3.8) is 0 Å². The van der Waals surface area contributed by atoms with Crippen LogP contribution >= 0.6 is 11.6 Å². The largest absolute Gasteiger partial charge is 0.436 e. The Morgan fingerprint density at radius 2 is 2.03 bits per heavy atom. The van der Waals surface area contributed by atoms with Crippen LogP contribution in [0, 0.1) is 0 Å². The lowest BCUT2D eigenvalue weighted by Crippen LogP contribution is -2.45. The molecule has 8 heteroatoms. The molecule has 1 fully saturated rings. The summed E-state index contributed by atoms with van der Waals surface area (Å²) < 4.78 is 5.86. The van der Waals surface area contributed by atoms with Crippen LogP contribution < -0.4 is 15.0 Å². The number of pyridine rings is 1. The lowest BCUT2D eigenvalue weighted by atomic mass is 9.97. The van der Waals surface area contributed by atoms with Crippen molar-refractivity contribution in [2.24, 2.45) is 0 Å². The molecule has 7 nitrogen and oxygen atoms in total. The number of carbonyl (C=O) groups excluding carboxylic acids is 2. The average molecular weight is 457 g/mol. The maximum absolute atomic E-state index is 13.2. The number of halogens is 1. The Bertz CT molecular complexity index is 989. The zero-order valence-electron chi connectivity index (χ0n) is 18.5. The minimum Gasteiger partial charge on any atom is -0.436 e. The fourth-order valence-electron chi connectivity index (χ4n) is 4.54. The SMILES string of the molecule is C[C@H]1CCC[C@H](C)N1CCCNC(=O)CN1C(=O)c2cccnc2Oc2ccc(Cl)cc21. The topological polar surface area (TPSA) is 74.8 Å². The number of hydrogen-bond donors (Lipinski definition) is 1. The molecule has 0 saturated carbocycles. The van der Waals surface area contributed by atoms with E-state index < -0.39 is 0 Å². The van der Waals surface area contributed by atoms with Crippen LogP contribution in [-0.2, 0) is 4.79 Å². The molecule has 32 heavy (non-hydrogen) atoms. The van der Waals surface area contributed by atoms with Crippen molar-refractivity contribution in [1.82, 2.24) is 15.2 Å². The average Bonchev–Trinajstić information content (AvgIpc) is 2.88. The van der Waals surface area contributed by atoms with Gasteiger partial charge in [0.2, 0.25) is 11.8 Å². The predicted octanol–water partition coefficient (Wildman–Crippen LogP) is 4.26. The first-order valence-corrected chi connectivity index (χ1v) is 11.6. The second-order valence-corrected chi connectivity index (χ2v) is 8.97. The summed E-state index contributed by atoms with van der Waals surface area (Å²) in [6.45, 7) is 5.94. The third kappa shape index (κ3) is 4.89. The van der Waals surface area contributed by atoms with E-state index in [1.165, 1.54) is 24.2 Å². The van der Waals surface area contributed by atoms with Crippen molar-refractivity contribution in [3.8, 4) is 11.6 Å². The molecule has 2 atom stereocenters. The summed E-state index contributed by atoms with van der Waals surface area (Å²) in [6, 6.07) is 9.47. The van der Waals surface area contributed by atoms with Gasteiger partial charge in [0.15, 0.2) is 5.75 Å². The maximum Gasteiger partial charge on any atom is 0.264 e. The van der Waals surface area contributed by atoms with E-state index >= 15 is 0 Å². The number of anilines is 1. The molecule has 2 aliphatic rings. The number of likely N-dealkylation sites (tertiary alicyclic amines) is 1. The minimum atomic E-state index is -0.347. The van der Waals surface area contributed by atoms with E-state index in [0.29, 0.717) is 40.7 Å². The van der Waals surface area contributed by atoms with Crippen LogP contribution in [0.15, 0.2) is 36.5 Å². The molecule has 0 radical (unpaired) electrons. The standard InChI is InChI=1S/C24H29ClN4O3/c1-16-6-3-7-17(2)28(16)13-5-12-26-22(30)15-29-20-14-18(25)9-10-21(20)32-23-19(24(29)31)8-4-11-27-23/h4,8-11,14,16-17H,3,5-7,12-13,15H2,1-2H3,(H,26,30)/t16-,17-/m0/s1. The Morgan fingerprint density at radius 3 is 2.81 bits per heavy atom. The van der Waals surface area contributed by atoms with Crippen LogP contribution in [0.25, 0.3) is 0 Å². The second kappa shape index (κ2) is 9.88. The van der Waals surface area contributed by atoms with Crippen LogP contribution in [-0.4, -0.2) is 53.4 Å². The molecular formula is C24H29ClN4O3. The Hall–Kier alpha value is -2.64. The number of aromatic nitrogens is 1. The molecule has 1 aromatic carbocycles. The number of nitrogens with zero attached hydrogens (tertiary/aromatic N) is 3. The second-order valence-electron chi connectivity index (χ2n) is 8.53. The first-order valence-electron chi connectivity index (χ1n) is 11.2. The van der Waals surface area contributed by atoms with E-state index in [4.69, 9.17) is 16.3 Å². The van der Waals surface area contributed by atoms with Gasteiger partial charge in [-0.3, -0.25) is 19.4 Å². The van der Waals surface area contributed by atoms with Gasteiger partial charge in [-0.15, -0.1) is 0 Å². The van der Waals surface area contributed by atoms with Gasteiger partial charge in [-0.25, -0.2) is 4.98 Å². The van der Waals surface area contributed by atoms with Crippen LogP contribution in [0.5, 0.6) is 11.6 Å². The molecule has 1 saturated heterocycles. The van der Waals surface area contributed by atoms with E-state index in [2.05, 4.69) is 29.0 Å². The third-order valence-corrected chi connectivity index (χ3v) is 6.49. The molecule has 1 aromatic heterocycles. The van der Waals surface area contributed by atoms with Crippen LogP contribution in [0.1, 0.15) is 49.9 Å². The molecule has 170 valence electrons. The normalized spacial score (nSPS) is 20.7. The fraction of sp³-hybridized carbons (Fsp3) is 0.458. The Kier molecular flexibility index (Phi) is 6.96. The predicted molar refractivity (Wildman–Crippen MR) is 125 cm³/mol. The number of hydrogen-bond acceptors (Lipinski definition) is 5. The summed E-state index contributed by atoms with van der Waals surface area (Å²) in [5.74, 6) is 0.0754. The molecule has 4 rings (SSSR count). The number of rotatable bonds is 6. The quantitative estimate of drug-likeness (QED) is 0.657. The molecule has 3 heterocycles. The Labute approximate surface area is 193 Å². The molecule has 2 aliphatic heterocycles. The van der Waals surface area contributed by atoms with E-state index in [1.807, 2.05) is 0 Å². The van der Waals surface area contributed by atoms with Crippen molar-refractivity contribution in [2.75, 3.05) is 24.5 Å². The monoisotopic (exact) mass is 456 g/mol. The van der Waals surface area contributed by atoms with E-state index in [1.54, 1.807) is 36.5 Å². The molecule has 2 aromatic rings. The molecule has 0 aliphatic carbocycles. The highest BCUT2D eigenvalue weighted by molar-refractivity contribution is 6.31. The van der Waals surface area contributed by atoms with E-state index in [0.717, 1.165) is 13.0 Å². The number of benzene rings is 1. The minimum absolute atomic E-state index is 0.125. The van der Waals surface area contributed by atoms with Gasteiger partial charge in [-0.1, -0.05) is 18.0 Å². The van der Waals surface area contributed by atoms with Gasteiger partial charge >= 0.3 is 0 Å². The van der Waals surface area contributed by atoms with Gasteiger partial charge in [0.25, 0.3) is 5.91 Å². The summed E-state index contributed by atoms with van der Waals surface area (Å²) in [4.78, 5) is 34.1. The lowest BCUT2D eigenvalue weighted by Gasteiger charge is -2.39. The summed E-state index contributed by atoms with van der Waals surface area (Å²) in [5, 5.41) is 3.41. The Morgan fingerprint density at radius 1 is 1.25 bits per heavy atom. The zero-order valence-corrected chi connectivity index (χ0v) is 19.3. The first-order chi connectivity index (χ1) is 15.4. The van der Waals surface area contributed by atoms with Gasteiger partial charge < -0.3 is 10.1 Å². The summed E-state index contributed by atoms with van der Waals surface area (Å²) >= 11 is 6.18. The number of amides is 2. The Balaban J connectivity index is 1.41. The van der Waals surface area contributed by atoms with Crippen LogP contribution in [0.2, 0.25) is 5.02 Å². The highest BCUT2D eigenvalue weighted by Gasteiger charge is 2.30. The van der Waals surface area contributed by atoms with E-state index in [9.17, 15) is 9.59 Å². The van der Waals surface area contributed by atoms with Gasteiger partial charge in [-0.2, -0.15) is 0 Å². The van der Waals surface area contributed by atoms with Crippen LogP contribution in [0.4, 0.5) is 5.69 Å². The third-order valence-electron chi connectivity index (χ3n) is 6.26. The smallest absolute Gasteiger partial charge is 0.264 e. The van der Waals surface area contributed by atoms with Crippen molar-refractivity contribution in [1.29, 1.82) is 0 Å². The number of ether oxygens (including phenoxy) is 1. The first kappa shape index (κ1) is 22.6. The van der Waals surface area contributed by atoms with Gasteiger partial charge in [0.05, 0.1) is 5.69 Å². The zero-order chi connectivity index (χ0) is 22.7. The fourth-order valence-corrected chi connectivity index (χ4v) is 4.71. The van der Waals surface area contributed by atoms with Crippen molar-refractivity contribution in [3.05, 3.63) is 47.1 Å². The van der Waals surface area contributed by atoms with Crippen LogP contribution in [0.3, 0.4) is 0 Å². The number of carbonyl (C=O) groups is 2. The van der Waals surface area contributed by atoms with Gasteiger partial charge in [-0.05, 0) is 63.4 Å². The summed E-state index contributed by atoms with van der Waals surface area (Å²) in [7, 11) is 0. The molecule has 2 amide bonds. The molecule has 0 bridgehead atoms. The number of fused-ring (bicyclic) bond motifs is 2. The molecule has 0 spiro atoms. The van der Waals surface area contributed by atoms with Crippen molar-refractivity contribution < 1.29 is 14.3 Å². The number of piperidine rings is 1. The highest BCUT2D eigenvalue weighted by Crippen LogP contribution is 2.39. The maximum atomic E-state index is 13.2. The molecule has 1 N–H and O–H groups in total. The summed E-state index contributed by atoms with van der Waals surface area (Å²) in [6.07, 6.45) is 6.18. The van der Waals surface area contributed by atoms with Crippen molar-refractivity contribution >= 4 is 29.1 Å². The van der Waals surface area contributed by atoms with Gasteiger partial charge in [0.1, 0.15) is 12.1 Å². The van der Waals surface area contributed by atoms with Crippen molar-refractivity contribution in [2.45, 2.75) is 51.6 Å².